The molecule has 1 aromatic heterocycles. The molecule has 0 fully saturated rings. The van der Waals surface area contributed by atoms with Crippen molar-refractivity contribution in [3.63, 3.8) is 0 Å². The van der Waals surface area contributed by atoms with Gasteiger partial charge >= 0.3 is 5.97 Å². The van der Waals surface area contributed by atoms with Crippen LogP contribution in [0.25, 0.3) is 0 Å². The zero-order valence-corrected chi connectivity index (χ0v) is 9.44. The molecule has 16 heavy (non-hydrogen) atoms. The highest BCUT2D eigenvalue weighted by Crippen LogP contribution is 2.19. The minimum atomic E-state index is -0.277. The first kappa shape index (κ1) is 11.0. The summed E-state index contributed by atoms with van der Waals surface area (Å²) in [5, 5.41) is 0. The van der Waals surface area contributed by atoms with E-state index < -0.39 is 0 Å². The molecule has 0 N–H and O–H groups in total. The molecule has 1 atom stereocenters. The van der Waals surface area contributed by atoms with Gasteiger partial charge in [0.15, 0.2) is 0 Å². The molecular formula is C13H16O3. The van der Waals surface area contributed by atoms with Crippen LogP contribution in [-0.2, 0) is 4.74 Å². The summed E-state index contributed by atoms with van der Waals surface area (Å²) < 4.78 is 10.3. The largest absolute Gasteiger partial charge is 0.469 e. The lowest BCUT2D eigenvalue weighted by Crippen LogP contribution is -2.15. The molecule has 3 heteroatoms. The van der Waals surface area contributed by atoms with Gasteiger partial charge < -0.3 is 9.15 Å². The van der Waals surface area contributed by atoms with Gasteiger partial charge in [0.2, 0.25) is 0 Å². The summed E-state index contributed by atoms with van der Waals surface area (Å²) in [5.74, 6) is 0.815. The lowest BCUT2D eigenvalue weighted by Gasteiger charge is -2.17. The van der Waals surface area contributed by atoms with Gasteiger partial charge in [-0.15, -0.1) is 0 Å². The maximum absolute atomic E-state index is 11.7. The van der Waals surface area contributed by atoms with Crippen molar-refractivity contribution >= 4 is 5.97 Å². The topological polar surface area (TPSA) is 39.4 Å². The quantitative estimate of drug-likeness (QED) is 0.580. The van der Waals surface area contributed by atoms with E-state index in [-0.39, 0.29) is 5.97 Å². The van der Waals surface area contributed by atoms with Gasteiger partial charge in [0.05, 0.1) is 12.9 Å². The van der Waals surface area contributed by atoms with Gasteiger partial charge in [0.25, 0.3) is 0 Å². The van der Waals surface area contributed by atoms with Crippen molar-refractivity contribution in [1.82, 2.24) is 0 Å². The standard InChI is InChI=1S/C13H16O3/c1-10-12(7-8-15-10)13(14)16-9-11-5-3-2-4-6-11/h2-3,7-8,11H,4-6,9H2,1H3. The number of allylic oxidation sites excluding steroid dienone is 2. The smallest absolute Gasteiger partial charge is 0.341 e. The van der Waals surface area contributed by atoms with Gasteiger partial charge in [-0.3, -0.25) is 0 Å². The second-order valence-electron chi connectivity index (χ2n) is 4.14. The molecule has 0 aliphatic heterocycles. The van der Waals surface area contributed by atoms with Gasteiger partial charge in [-0.05, 0) is 38.2 Å². The third-order valence-electron chi connectivity index (χ3n) is 2.91. The summed E-state index contributed by atoms with van der Waals surface area (Å²) in [6.45, 7) is 2.27. The molecule has 1 aromatic rings. The minimum absolute atomic E-state index is 0.277. The molecular weight excluding hydrogens is 204 g/mol. The summed E-state index contributed by atoms with van der Waals surface area (Å²) in [4.78, 5) is 11.7. The summed E-state index contributed by atoms with van der Waals surface area (Å²) >= 11 is 0. The Morgan fingerprint density at radius 3 is 3.06 bits per heavy atom. The normalized spacial score (nSPS) is 19.7. The first-order valence-corrected chi connectivity index (χ1v) is 5.63. The van der Waals surface area contributed by atoms with Crippen LogP contribution in [0, 0.1) is 12.8 Å². The summed E-state index contributed by atoms with van der Waals surface area (Å²) in [6, 6.07) is 1.65. The lowest BCUT2D eigenvalue weighted by atomic mass is 9.95. The van der Waals surface area contributed by atoms with Crippen LogP contribution >= 0.6 is 0 Å². The van der Waals surface area contributed by atoms with Crippen molar-refractivity contribution in [3.05, 3.63) is 35.8 Å². The Kier molecular flexibility index (Phi) is 3.44. The van der Waals surface area contributed by atoms with E-state index in [4.69, 9.17) is 9.15 Å². The first-order valence-electron chi connectivity index (χ1n) is 5.63. The third kappa shape index (κ3) is 2.54. The zero-order chi connectivity index (χ0) is 11.4. The Labute approximate surface area is 95.1 Å². The number of carbonyl (C=O) groups is 1. The van der Waals surface area contributed by atoms with Gasteiger partial charge in [0, 0.05) is 0 Å². The van der Waals surface area contributed by atoms with Crippen molar-refractivity contribution < 1.29 is 13.9 Å². The number of carbonyl (C=O) groups excluding carboxylic acids is 1. The molecule has 0 saturated carbocycles. The molecule has 1 unspecified atom stereocenters. The number of furan rings is 1. The molecule has 0 radical (unpaired) electrons. The fourth-order valence-corrected chi connectivity index (χ4v) is 1.88. The number of aryl methyl sites for hydroxylation is 1. The maximum atomic E-state index is 11.7. The predicted octanol–water partition coefficient (Wildman–Crippen LogP) is 3.10. The first-order chi connectivity index (χ1) is 7.77. The van der Waals surface area contributed by atoms with E-state index in [1.165, 1.54) is 6.26 Å². The second kappa shape index (κ2) is 5.01. The number of hydrogen-bond acceptors (Lipinski definition) is 3. The Hall–Kier alpha value is -1.51. The van der Waals surface area contributed by atoms with E-state index in [1.54, 1.807) is 13.0 Å². The molecule has 3 nitrogen and oxygen atoms in total. The molecule has 0 spiro atoms. The fourth-order valence-electron chi connectivity index (χ4n) is 1.88. The van der Waals surface area contributed by atoms with Gasteiger partial charge in [-0.1, -0.05) is 12.2 Å². The van der Waals surface area contributed by atoms with Crippen molar-refractivity contribution in [2.75, 3.05) is 6.61 Å². The summed E-state index contributed by atoms with van der Waals surface area (Å²) in [6.07, 6.45) is 9.05. The molecule has 1 heterocycles. The van der Waals surface area contributed by atoms with E-state index in [1.807, 2.05) is 0 Å². The highest BCUT2D eigenvalue weighted by Gasteiger charge is 2.16. The van der Waals surface area contributed by atoms with Crippen molar-refractivity contribution in [1.29, 1.82) is 0 Å². The van der Waals surface area contributed by atoms with Crippen LogP contribution in [0.1, 0.15) is 35.4 Å². The predicted molar refractivity (Wildman–Crippen MR) is 60.2 cm³/mol. The Balaban J connectivity index is 1.84. The van der Waals surface area contributed by atoms with Crippen LogP contribution < -0.4 is 0 Å². The van der Waals surface area contributed by atoms with Crippen molar-refractivity contribution in [2.24, 2.45) is 5.92 Å². The van der Waals surface area contributed by atoms with Crippen LogP contribution in [-0.4, -0.2) is 12.6 Å². The van der Waals surface area contributed by atoms with E-state index in [0.29, 0.717) is 23.8 Å². The summed E-state index contributed by atoms with van der Waals surface area (Å²) in [7, 11) is 0. The molecule has 0 aromatic carbocycles. The van der Waals surface area contributed by atoms with E-state index in [2.05, 4.69) is 12.2 Å². The lowest BCUT2D eigenvalue weighted by molar-refractivity contribution is 0.0430. The number of hydrogen-bond donors (Lipinski definition) is 0. The Bertz CT molecular complexity index is 390. The number of esters is 1. The van der Waals surface area contributed by atoms with Gasteiger partial charge in [-0.25, -0.2) is 4.79 Å². The molecule has 1 aliphatic rings. The molecule has 2 rings (SSSR count). The fraction of sp³-hybridized carbons (Fsp3) is 0.462. The highest BCUT2D eigenvalue weighted by atomic mass is 16.5. The van der Waals surface area contributed by atoms with Crippen molar-refractivity contribution in [3.8, 4) is 0 Å². The van der Waals surface area contributed by atoms with Crippen LogP contribution in [0.3, 0.4) is 0 Å². The molecule has 86 valence electrons. The van der Waals surface area contributed by atoms with Crippen LogP contribution in [0.5, 0.6) is 0 Å². The van der Waals surface area contributed by atoms with Gasteiger partial charge in [0.1, 0.15) is 11.3 Å². The highest BCUT2D eigenvalue weighted by molar-refractivity contribution is 5.90. The SMILES string of the molecule is Cc1occc1C(=O)OCC1CC=CCC1. The molecule has 1 aliphatic carbocycles. The monoisotopic (exact) mass is 220 g/mol. The van der Waals surface area contributed by atoms with Crippen LogP contribution in [0.2, 0.25) is 0 Å². The Morgan fingerprint density at radius 1 is 1.56 bits per heavy atom. The van der Waals surface area contributed by atoms with Crippen LogP contribution in [0.4, 0.5) is 0 Å². The molecule has 0 saturated heterocycles. The summed E-state index contributed by atoms with van der Waals surface area (Å²) in [5.41, 5.74) is 0.534. The minimum Gasteiger partial charge on any atom is -0.469 e. The van der Waals surface area contributed by atoms with E-state index in [9.17, 15) is 4.79 Å². The number of ether oxygens (including phenoxy) is 1. The Morgan fingerprint density at radius 2 is 2.44 bits per heavy atom. The van der Waals surface area contributed by atoms with Gasteiger partial charge in [-0.2, -0.15) is 0 Å². The van der Waals surface area contributed by atoms with Crippen LogP contribution in [0.15, 0.2) is 28.9 Å². The maximum Gasteiger partial charge on any atom is 0.341 e. The third-order valence-corrected chi connectivity index (χ3v) is 2.91. The average Bonchev–Trinajstić information content (AvgIpc) is 2.74. The van der Waals surface area contributed by atoms with E-state index in [0.717, 1.165) is 19.3 Å². The molecule has 0 amide bonds. The van der Waals surface area contributed by atoms with Crippen molar-refractivity contribution in [2.45, 2.75) is 26.2 Å². The number of rotatable bonds is 3. The zero-order valence-electron chi connectivity index (χ0n) is 9.44. The molecule has 0 bridgehead atoms. The average molecular weight is 220 g/mol. The van der Waals surface area contributed by atoms with E-state index >= 15 is 0 Å². The second-order valence-corrected chi connectivity index (χ2v) is 4.14.